The van der Waals surface area contributed by atoms with Gasteiger partial charge in [0.25, 0.3) is 10.0 Å². The van der Waals surface area contributed by atoms with E-state index < -0.39 is 20.0 Å². The quantitative estimate of drug-likeness (QED) is 0.412. The summed E-state index contributed by atoms with van der Waals surface area (Å²) in [6, 6.07) is 20.7. The maximum absolute atomic E-state index is 12.6. The van der Waals surface area contributed by atoms with E-state index in [1.807, 2.05) is 0 Å². The van der Waals surface area contributed by atoms with Gasteiger partial charge in [-0.25, -0.2) is 16.8 Å². The molecule has 11 heteroatoms. The van der Waals surface area contributed by atoms with E-state index in [4.69, 9.17) is 11.6 Å². The molecule has 0 aliphatic heterocycles. The minimum atomic E-state index is -3.82. The average Bonchev–Trinajstić information content (AvgIpc) is 2.76. The second-order valence-electron chi connectivity index (χ2n) is 7.46. The topological polar surface area (TPSA) is 113 Å². The van der Waals surface area contributed by atoms with Crippen LogP contribution < -0.4 is 14.3 Å². The number of carbonyl (C=O) groups excluding carboxylic acids is 1. The first-order chi connectivity index (χ1) is 16.0. The fourth-order valence-corrected chi connectivity index (χ4v) is 5.38. The number of rotatable bonds is 10. The van der Waals surface area contributed by atoms with Crippen LogP contribution in [0, 0.1) is 0 Å². The van der Waals surface area contributed by atoms with E-state index in [1.54, 1.807) is 48.5 Å². The van der Waals surface area contributed by atoms with Gasteiger partial charge in [-0.1, -0.05) is 35.9 Å². The molecule has 0 unspecified atom stereocenters. The first-order valence-electron chi connectivity index (χ1n) is 10.3. The predicted molar refractivity (Wildman–Crippen MR) is 135 cm³/mol. The number of hydrogen-bond donors (Lipinski definition) is 2. The molecule has 0 aliphatic carbocycles. The number of sulfonamides is 2. The SMILES string of the molecule is CS(=O)(=O)N(CCCC(=O)Nc1ccc(S(=O)(=O)Nc2cccc(Cl)c2)cc1)c1ccccc1. The Hall–Kier alpha value is -3.08. The lowest BCUT2D eigenvalue weighted by Gasteiger charge is -2.22. The molecule has 180 valence electrons. The zero-order chi connectivity index (χ0) is 24.8. The third-order valence-corrected chi connectivity index (χ3v) is 7.56. The van der Waals surface area contributed by atoms with Gasteiger partial charge in [0.15, 0.2) is 0 Å². The molecule has 3 aromatic rings. The van der Waals surface area contributed by atoms with Gasteiger partial charge in [-0.15, -0.1) is 0 Å². The summed E-state index contributed by atoms with van der Waals surface area (Å²) in [5.41, 5.74) is 1.30. The minimum Gasteiger partial charge on any atom is -0.326 e. The molecule has 0 radical (unpaired) electrons. The molecule has 0 fully saturated rings. The molecule has 0 saturated carbocycles. The smallest absolute Gasteiger partial charge is 0.261 e. The maximum Gasteiger partial charge on any atom is 0.261 e. The maximum atomic E-state index is 12.6. The number of benzene rings is 3. The standard InChI is InChI=1S/C23H24ClN3O5S2/c1-33(29,30)27(21-9-3-2-4-10-21)16-6-11-23(28)25-19-12-14-22(15-13-19)34(31,32)26-20-8-5-7-18(24)17-20/h2-5,7-10,12-15,17,26H,6,11,16H2,1H3,(H,25,28). The number of hydrogen-bond acceptors (Lipinski definition) is 5. The van der Waals surface area contributed by atoms with Crippen LogP contribution in [0.1, 0.15) is 12.8 Å². The highest BCUT2D eigenvalue weighted by molar-refractivity contribution is 7.92. The Morgan fingerprint density at radius 1 is 0.882 bits per heavy atom. The molecule has 2 N–H and O–H groups in total. The van der Waals surface area contributed by atoms with Crippen molar-refractivity contribution >= 4 is 54.6 Å². The largest absolute Gasteiger partial charge is 0.326 e. The normalized spacial score (nSPS) is 11.6. The molecule has 1 amide bonds. The van der Waals surface area contributed by atoms with Crippen LogP contribution in [0.15, 0.2) is 83.8 Å². The Bertz CT molecular complexity index is 1350. The first kappa shape index (κ1) is 25.5. The Kier molecular flexibility index (Phi) is 8.19. The van der Waals surface area contributed by atoms with Crippen LogP contribution in [0.4, 0.5) is 17.1 Å². The van der Waals surface area contributed by atoms with Gasteiger partial charge < -0.3 is 5.32 Å². The molecule has 3 rings (SSSR count). The Labute approximate surface area is 204 Å². The van der Waals surface area contributed by atoms with Crippen molar-refractivity contribution in [3.05, 3.63) is 83.9 Å². The van der Waals surface area contributed by atoms with Crippen molar-refractivity contribution in [3.63, 3.8) is 0 Å². The van der Waals surface area contributed by atoms with Gasteiger partial charge in [-0.2, -0.15) is 0 Å². The van der Waals surface area contributed by atoms with Crippen LogP contribution in [-0.2, 0) is 24.8 Å². The van der Waals surface area contributed by atoms with Gasteiger partial charge in [0.2, 0.25) is 15.9 Å². The summed E-state index contributed by atoms with van der Waals surface area (Å²) in [5.74, 6) is -0.311. The van der Waals surface area contributed by atoms with E-state index in [1.165, 1.54) is 34.6 Å². The van der Waals surface area contributed by atoms with E-state index >= 15 is 0 Å². The van der Waals surface area contributed by atoms with E-state index in [0.29, 0.717) is 28.5 Å². The van der Waals surface area contributed by atoms with E-state index in [9.17, 15) is 21.6 Å². The number of amides is 1. The average molecular weight is 522 g/mol. The first-order valence-corrected chi connectivity index (χ1v) is 14.0. The molecular formula is C23H24ClN3O5S2. The lowest BCUT2D eigenvalue weighted by molar-refractivity contribution is -0.116. The lowest BCUT2D eigenvalue weighted by Crippen LogP contribution is -2.31. The molecule has 0 bridgehead atoms. The molecule has 0 saturated heterocycles. The van der Waals surface area contributed by atoms with E-state index in [2.05, 4.69) is 10.0 Å². The van der Waals surface area contributed by atoms with Crippen molar-refractivity contribution in [2.75, 3.05) is 27.1 Å². The molecule has 0 atom stereocenters. The van der Waals surface area contributed by atoms with Crippen LogP contribution in [-0.4, -0.2) is 35.5 Å². The molecule has 0 spiro atoms. The van der Waals surface area contributed by atoms with Crippen molar-refractivity contribution in [2.24, 2.45) is 0 Å². The summed E-state index contributed by atoms with van der Waals surface area (Å²) in [6.07, 6.45) is 1.52. The number of carbonyl (C=O) groups is 1. The molecule has 8 nitrogen and oxygen atoms in total. The highest BCUT2D eigenvalue weighted by Gasteiger charge is 2.18. The van der Waals surface area contributed by atoms with Crippen LogP contribution >= 0.6 is 11.6 Å². The number of anilines is 3. The second kappa shape index (κ2) is 10.9. The zero-order valence-electron chi connectivity index (χ0n) is 18.3. The van der Waals surface area contributed by atoms with Gasteiger partial charge in [-0.05, 0) is 61.0 Å². The molecule has 34 heavy (non-hydrogen) atoms. The molecule has 0 heterocycles. The van der Waals surface area contributed by atoms with Crippen LogP contribution in [0.3, 0.4) is 0 Å². The fourth-order valence-electron chi connectivity index (χ4n) is 3.17. The highest BCUT2D eigenvalue weighted by Crippen LogP contribution is 2.21. The number of nitrogens with one attached hydrogen (secondary N) is 2. The van der Waals surface area contributed by atoms with Gasteiger partial charge in [0, 0.05) is 23.7 Å². The summed E-state index contributed by atoms with van der Waals surface area (Å²) in [7, 11) is -7.31. The number of halogens is 1. The van der Waals surface area contributed by atoms with Crippen LogP contribution in [0.2, 0.25) is 5.02 Å². The summed E-state index contributed by atoms with van der Waals surface area (Å²) >= 11 is 5.89. The van der Waals surface area contributed by atoms with Crippen molar-refractivity contribution in [3.8, 4) is 0 Å². The Morgan fingerprint density at radius 2 is 1.56 bits per heavy atom. The number of nitrogens with zero attached hydrogens (tertiary/aromatic N) is 1. The van der Waals surface area contributed by atoms with Gasteiger partial charge in [0.1, 0.15) is 0 Å². The summed E-state index contributed by atoms with van der Waals surface area (Å²) in [5, 5.41) is 3.09. The van der Waals surface area contributed by atoms with E-state index in [-0.39, 0.29) is 23.8 Å². The third-order valence-electron chi connectivity index (χ3n) is 4.73. The predicted octanol–water partition coefficient (Wildman–Crippen LogP) is 4.33. The molecular weight excluding hydrogens is 498 g/mol. The molecule has 0 aliphatic rings. The summed E-state index contributed by atoms with van der Waals surface area (Å²) < 4.78 is 53.0. The minimum absolute atomic E-state index is 0.0251. The molecule has 0 aromatic heterocycles. The lowest BCUT2D eigenvalue weighted by atomic mass is 10.2. The number of para-hydroxylation sites is 1. The monoisotopic (exact) mass is 521 g/mol. The third kappa shape index (κ3) is 7.21. The van der Waals surface area contributed by atoms with Crippen molar-refractivity contribution in [2.45, 2.75) is 17.7 Å². The van der Waals surface area contributed by atoms with Crippen molar-refractivity contribution in [1.29, 1.82) is 0 Å². The van der Waals surface area contributed by atoms with E-state index in [0.717, 1.165) is 6.26 Å². The molecule has 3 aromatic carbocycles. The van der Waals surface area contributed by atoms with Crippen molar-refractivity contribution < 1.29 is 21.6 Å². The van der Waals surface area contributed by atoms with Crippen LogP contribution in [0.25, 0.3) is 0 Å². The fraction of sp³-hybridized carbons (Fsp3) is 0.174. The second-order valence-corrected chi connectivity index (χ2v) is 11.5. The summed E-state index contributed by atoms with van der Waals surface area (Å²) in [6.45, 7) is 0.155. The Balaban J connectivity index is 1.56. The van der Waals surface area contributed by atoms with Gasteiger partial charge in [-0.3, -0.25) is 13.8 Å². The summed E-state index contributed by atoms with van der Waals surface area (Å²) in [4.78, 5) is 12.3. The van der Waals surface area contributed by atoms with Gasteiger partial charge >= 0.3 is 0 Å². The van der Waals surface area contributed by atoms with Crippen LogP contribution in [0.5, 0.6) is 0 Å². The zero-order valence-corrected chi connectivity index (χ0v) is 20.7. The van der Waals surface area contributed by atoms with Crippen molar-refractivity contribution in [1.82, 2.24) is 0 Å². The highest BCUT2D eigenvalue weighted by atomic mass is 35.5. The van der Waals surface area contributed by atoms with Gasteiger partial charge in [0.05, 0.1) is 22.5 Å². The Morgan fingerprint density at radius 3 is 2.18 bits per heavy atom.